The molecule has 2 rings (SSSR count). The fourth-order valence-electron chi connectivity index (χ4n) is 1.92. The molecule has 18 heavy (non-hydrogen) atoms. The van der Waals surface area contributed by atoms with Crippen LogP contribution >= 0.6 is 34.5 Å². The van der Waals surface area contributed by atoms with E-state index in [0.29, 0.717) is 0 Å². The van der Waals surface area contributed by atoms with Gasteiger partial charge in [-0.25, -0.2) is 0 Å². The lowest BCUT2D eigenvalue weighted by molar-refractivity contribution is 0.639. The predicted octanol–water partition coefficient (Wildman–Crippen LogP) is 5.06. The van der Waals surface area contributed by atoms with E-state index in [1.807, 2.05) is 19.1 Å². The zero-order valence-corrected chi connectivity index (χ0v) is 12.7. The summed E-state index contributed by atoms with van der Waals surface area (Å²) in [5.41, 5.74) is 2.32. The van der Waals surface area contributed by atoms with Gasteiger partial charge in [0.2, 0.25) is 0 Å². The van der Waals surface area contributed by atoms with Crippen molar-refractivity contribution in [1.29, 1.82) is 0 Å². The number of aryl methyl sites for hydroxylation is 1. The first-order valence-electron chi connectivity index (χ1n) is 5.86. The quantitative estimate of drug-likeness (QED) is 0.832. The summed E-state index contributed by atoms with van der Waals surface area (Å²) < 4.78 is 0.818. The van der Waals surface area contributed by atoms with E-state index >= 15 is 0 Å². The van der Waals surface area contributed by atoms with Crippen molar-refractivity contribution in [3.8, 4) is 0 Å². The highest BCUT2D eigenvalue weighted by Crippen LogP contribution is 2.32. The fourth-order valence-corrected chi connectivity index (χ4v) is 3.20. The molecule has 0 saturated heterocycles. The summed E-state index contributed by atoms with van der Waals surface area (Å²) in [6, 6.07) is 10.3. The summed E-state index contributed by atoms with van der Waals surface area (Å²) in [5.74, 6) is 0. The van der Waals surface area contributed by atoms with Crippen LogP contribution < -0.4 is 5.32 Å². The molecule has 0 amide bonds. The molecule has 96 valence electrons. The van der Waals surface area contributed by atoms with E-state index in [4.69, 9.17) is 23.2 Å². The zero-order chi connectivity index (χ0) is 13.1. The van der Waals surface area contributed by atoms with Crippen LogP contribution in [0.3, 0.4) is 0 Å². The summed E-state index contributed by atoms with van der Waals surface area (Å²) in [7, 11) is 0. The first kappa shape index (κ1) is 13.9. The second-order valence-corrected chi connectivity index (χ2v) is 6.30. The van der Waals surface area contributed by atoms with Crippen molar-refractivity contribution in [1.82, 2.24) is 5.32 Å². The molecule has 1 atom stereocenters. The largest absolute Gasteiger partial charge is 0.306 e. The standard InChI is InChI=1S/C14H15Cl2NS/c1-3-17-14(12-6-7-13(16)18-12)10-4-5-11(15)9(2)8-10/h4-8,14,17H,3H2,1-2H3. The van der Waals surface area contributed by atoms with E-state index in [1.165, 1.54) is 10.4 Å². The molecule has 0 aliphatic heterocycles. The van der Waals surface area contributed by atoms with Gasteiger partial charge in [-0.3, -0.25) is 0 Å². The molecule has 0 saturated carbocycles. The molecule has 0 fully saturated rings. The maximum Gasteiger partial charge on any atom is 0.0931 e. The van der Waals surface area contributed by atoms with Crippen LogP contribution in [-0.2, 0) is 0 Å². The van der Waals surface area contributed by atoms with E-state index in [1.54, 1.807) is 11.3 Å². The number of hydrogen-bond acceptors (Lipinski definition) is 2. The van der Waals surface area contributed by atoms with Crippen LogP contribution in [0.15, 0.2) is 30.3 Å². The molecule has 2 aromatic rings. The van der Waals surface area contributed by atoms with Crippen LogP contribution in [0.5, 0.6) is 0 Å². The highest BCUT2D eigenvalue weighted by molar-refractivity contribution is 7.16. The topological polar surface area (TPSA) is 12.0 Å². The molecule has 1 N–H and O–H groups in total. The fraction of sp³-hybridized carbons (Fsp3) is 0.286. The first-order chi connectivity index (χ1) is 8.61. The van der Waals surface area contributed by atoms with E-state index in [0.717, 1.165) is 21.5 Å². The average Bonchev–Trinajstić information content (AvgIpc) is 2.76. The Morgan fingerprint density at radius 1 is 1.22 bits per heavy atom. The minimum Gasteiger partial charge on any atom is -0.306 e. The molecule has 1 nitrogen and oxygen atoms in total. The Morgan fingerprint density at radius 2 is 2.00 bits per heavy atom. The number of nitrogens with one attached hydrogen (secondary N) is 1. The summed E-state index contributed by atoms with van der Waals surface area (Å²) in [4.78, 5) is 1.23. The molecule has 1 aromatic heterocycles. The summed E-state index contributed by atoms with van der Waals surface area (Å²) in [5, 5.41) is 4.29. The Hall–Kier alpha value is -0.540. The third kappa shape index (κ3) is 3.07. The Morgan fingerprint density at radius 3 is 2.56 bits per heavy atom. The van der Waals surface area contributed by atoms with Crippen LogP contribution in [-0.4, -0.2) is 6.54 Å². The van der Waals surface area contributed by atoms with Crippen molar-refractivity contribution in [2.24, 2.45) is 0 Å². The molecule has 1 heterocycles. The lowest BCUT2D eigenvalue weighted by atomic mass is 10.0. The average molecular weight is 300 g/mol. The maximum atomic E-state index is 6.07. The third-order valence-electron chi connectivity index (χ3n) is 2.80. The number of hydrogen-bond donors (Lipinski definition) is 1. The lowest BCUT2D eigenvalue weighted by Crippen LogP contribution is -2.21. The molecule has 0 bridgehead atoms. The molecule has 0 radical (unpaired) electrons. The van der Waals surface area contributed by atoms with Crippen molar-refractivity contribution in [2.45, 2.75) is 19.9 Å². The van der Waals surface area contributed by atoms with Crippen molar-refractivity contribution in [3.63, 3.8) is 0 Å². The number of halogens is 2. The van der Waals surface area contributed by atoms with Gasteiger partial charge in [-0.15, -0.1) is 11.3 Å². The highest BCUT2D eigenvalue weighted by atomic mass is 35.5. The second kappa shape index (κ2) is 6.07. The molecule has 1 unspecified atom stereocenters. The Bertz CT molecular complexity index is 536. The van der Waals surface area contributed by atoms with E-state index in [9.17, 15) is 0 Å². The van der Waals surface area contributed by atoms with Gasteiger partial charge in [0.15, 0.2) is 0 Å². The molecule has 1 aromatic carbocycles. The van der Waals surface area contributed by atoms with Crippen molar-refractivity contribution >= 4 is 34.5 Å². The monoisotopic (exact) mass is 299 g/mol. The minimum absolute atomic E-state index is 0.184. The van der Waals surface area contributed by atoms with E-state index < -0.39 is 0 Å². The highest BCUT2D eigenvalue weighted by Gasteiger charge is 2.15. The van der Waals surface area contributed by atoms with Gasteiger partial charge in [0.05, 0.1) is 10.4 Å². The van der Waals surface area contributed by atoms with Gasteiger partial charge < -0.3 is 5.32 Å². The molecule has 0 aliphatic rings. The maximum absolute atomic E-state index is 6.07. The van der Waals surface area contributed by atoms with Gasteiger partial charge >= 0.3 is 0 Å². The van der Waals surface area contributed by atoms with Gasteiger partial charge in [-0.05, 0) is 42.8 Å². The van der Waals surface area contributed by atoms with Crippen molar-refractivity contribution < 1.29 is 0 Å². The number of benzene rings is 1. The molecule has 0 aliphatic carbocycles. The van der Waals surface area contributed by atoms with Crippen LogP contribution in [0.25, 0.3) is 0 Å². The molecule has 0 spiro atoms. The molecule has 4 heteroatoms. The van der Waals surface area contributed by atoms with Crippen molar-refractivity contribution in [2.75, 3.05) is 6.54 Å². The zero-order valence-electron chi connectivity index (χ0n) is 10.3. The van der Waals surface area contributed by atoms with Gasteiger partial charge in [-0.1, -0.05) is 42.3 Å². The summed E-state index contributed by atoms with van der Waals surface area (Å²) in [6.07, 6.45) is 0. The van der Waals surface area contributed by atoms with Gasteiger partial charge in [0.25, 0.3) is 0 Å². The van der Waals surface area contributed by atoms with Crippen LogP contribution in [0.2, 0.25) is 9.36 Å². The van der Waals surface area contributed by atoms with Gasteiger partial charge in [-0.2, -0.15) is 0 Å². The third-order valence-corrected chi connectivity index (χ3v) is 4.52. The molecular formula is C14H15Cl2NS. The molecular weight excluding hydrogens is 285 g/mol. The van der Waals surface area contributed by atoms with Gasteiger partial charge in [0, 0.05) is 9.90 Å². The predicted molar refractivity (Wildman–Crippen MR) is 81.0 cm³/mol. The summed E-state index contributed by atoms with van der Waals surface area (Å²) in [6.45, 7) is 5.03. The van der Waals surface area contributed by atoms with E-state index in [2.05, 4.69) is 30.4 Å². The Labute approximate surface area is 122 Å². The SMILES string of the molecule is CCNC(c1ccc(Cl)c(C)c1)c1ccc(Cl)s1. The summed E-state index contributed by atoms with van der Waals surface area (Å²) >= 11 is 13.7. The Balaban J connectivity index is 2.37. The smallest absolute Gasteiger partial charge is 0.0931 e. The lowest BCUT2D eigenvalue weighted by Gasteiger charge is -2.17. The second-order valence-electron chi connectivity index (χ2n) is 4.14. The minimum atomic E-state index is 0.184. The number of thiophene rings is 1. The van der Waals surface area contributed by atoms with Crippen LogP contribution in [0.1, 0.15) is 29.0 Å². The van der Waals surface area contributed by atoms with Crippen LogP contribution in [0.4, 0.5) is 0 Å². The van der Waals surface area contributed by atoms with E-state index in [-0.39, 0.29) is 6.04 Å². The van der Waals surface area contributed by atoms with Gasteiger partial charge in [0.1, 0.15) is 0 Å². The van der Waals surface area contributed by atoms with Crippen molar-refractivity contribution in [3.05, 3.63) is 55.7 Å². The number of rotatable bonds is 4. The first-order valence-corrected chi connectivity index (χ1v) is 7.43. The van der Waals surface area contributed by atoms with Crippen LogP contribution in [0, 0.1) is 6.92 Å². The normalized spacial score (nSPS) is 12.7. The Kier molecular flexibility index (Phi) is 4.68.